The maximum Gasteiger partial charge on any atom is 0.338 e. The van der Waals surface area contributed by atoms with Crippen molar-refractivity contribution in [3.63, 3.8) is 0 Å². The first-order valence-corrected chi connectivity index (χ1v) is 12.3. The van der Waals surface area contributed by atoms with E-state index < -0.39 is 11.8 Å². The van der Waals surface area contributed by atoms with Gasteiger partial charge in [0, 0.05) is 12.0 Å². The Morgan fingerprint density at radius 1 is 0.971 bits per heavy atom. The molecule has 3 nitrogen and oxygen atoms in total. The highest BCUT2D eigenvalue weighted by molar-refractivity contribution is 5.88. The molecule has 0 fully saturated rings. The zero-order valence-electron chi connectivity index (χ0n) is 19.9. The lowest BCUT2D eigenvalue weighted by atomic mass is 9.72. The number of aromatic carboxylic acids is 1. The average Bonchev–Trinajstić information content (AvgIpc) is 2.88. The summed E-state index contributed by atoms with van der Waals surface area (Å²) in [7, 11) is 0. The zero-order valence-corrected chi connectivity index (χ0v) is 19.9. The van der Waals surface area contributed by atoms with Crippen molar-refractivity contribution in [2.45, 2.75) is 38.1 Å². The quantitative estimate of drug-likeness (QED) is 0.304. The fourth-order valence-electron chi connectivity index (χ4n) is 5.66. The van der Waals surface area contributed by atoms with Gasteiger partial charge in [-0.25, -0.2) is 9.18 Å². The van der Waals surface area contributed by atoms with Crippen molar-refractivity contribution in [1.82, 2.24) is 5.32 Å². The SMILES string of the molecule is C[C@@H](NCCC1Cc2ccccc2C(c2cccc(C(=O)O)c2F)C1)c1cccc2ccccc12. The molecule has 0 saturated heterocycles. The fraction of sp³-hybridized carbons (Fsp3) is 0.258. The second-order valence-corrected chi connectivity index (χ2v) is 9.60. The van der Waals surface area contributed by atoms with Crippen LogP contribution in [0.1, 0.15) is 64.3 Å². The van der Waals surface area contributed by atoms with Crippen LogP contribution < -0.4 is 5.32 Å². The number of hydrogen-bond acceptors (Lipinski definition) is 2. The third kappa shape index (κ3) is 4.71. The number of fused-ring (bicyclic) bond motifs is 2. The standard InChI is InChI=1S/C31H30FNO2/c1-20(24-13-6-10-22-8-2-4-11-25(22)24)33-17-16-21-18-23-9-3-5-12-26(23)29(19-21)27-14-7-15-28(30(27)32)31(34)35/h2-15,20-21,29,33H,16-19H2,1H3,(H,34,35)/t20-,21?,29?/m1/s1. The first-order valence-electron chi connectivity index (χ1n) is 12.3. The number of rotatable bonds is 7. The fourth-order valence-corrected chi connectivity index (χ4v) is 5.66. The number of hydrogen-bond donors (Lipinski definition) is 2. The highest BCUT2D eigenvalue weighted by Crippen LogP contribution is 2.41. The van der Waals surface area contributed by atoms with E-state index >= 15 is 4.39 Å². The number of carbonyl (C=O) groups is 1. The Balaban J connectivity index is 1.33. The van der Waals surface area contributed by atoms with Crippen molar-refractivity contribution in [3.8, 4) is 0 Å². The van der Waals surface area contributed by atoms with E-state index in [1.807, 2.05) is 12.1 Å². The summed E-state index contributed by atoms with van der Waals surface area (Å²) in [5.74, 6) is -1.59. The lowest BCUT2D eigenvalue weighted by molar-refractivity contribution is 0.0691. The van der Waals surface area contributed by atoms with Gasteiger partial charge in [-0.1, -0.05) is 78.9 Å². The Kier molecular flexibility index (Phi) is 6.65. The predicted octanol–water partition coefficient (Wildman–Crippen LogP) is 7.11. The lowest BCUT2D eigenvalue weighted by Crippen LogP contribution is -2.26. The van der Waals surface area contributed by atoms with Crippen molar-refractivity contribution < 1.29 is 14.3 Å². The third-order valence-corrected chi connectivity index (χ3v) is 7.44. The second kappa shape index (κ2) is 10.0. The van der Waals surface area contributed by atoms with Gasteiger partial charge in [0.2, 0.25) is 0 Å². The largest absolute Gasteiger partial charge is 0.478 e. The number of carboxylic acid groups (broad SMARTS) is 1. The van der Waals surface area contributed by atoms with Crippen molar-refractivity contribution in [1.29, 1.82) is 0 Å². The molecule has 1 aliphatic carbocycles. The van der Waals surface area contributed by atoms with Crippen molar-refractivity contribution in [3.05, 3.63) is 119 Å². The van der Waals surface area contributed by atoms with Crippen LogP contribution in [0.15, 0.2) is 84.9 Å². The van der Waals surface area contributed by atoms with Crippen molar-refractivity contribution >= 4 is 16.7 Å². The van der Waals surface area contributed by atoms with Crippen LogP contribution in [0.3, 0.4) is 0 Å². The average molecular weight is 468 g/mol. The first-order chi connectivity index (χ1) is 17.0. The summed E-state index contributed by atoms with van der Waals surface area (Å²) in [6.45, 7) is 3.06. The van der Waals surface area contributed by atoms with E-state index in [0.717, 1.165) is 31.4 Å². The zero-order chi connectivity index (χ0) is 24.4. The van der Waals surface area contributed by atoms with Crippen molar-refractivity contribution in [2.24, 2.45) is 5.92 Å². The van der Waals surface area contributed by atoms with Gasteiger partial charge in [0.15, 0.2) is 0 Å². The Morgan fingerprint density at radius 3 is 2.54 bits per heavy atom. The monoisotopic (exact) mass is 467 g/mol. The summed E-state index contributed by atoms with van der Waals surface area (Å²) in [6, 6.07) is 28.1. The lowest BCUT2D eigenvalue weighted by Gasteiger charge is -2.33. The topological polar surface area (TPSA) is 49.3 Å². The molecule has 0 saturated carbocycles. The highest BCUT2D eigenvalue weighted by atomic mass is 19.1. The van der Waals surface area contributed by atoms with E-state index in [-0.39, 0.29) is 17.5 Å². The van der Waals surface area contributed by atoms with E-state index in [1.54, 1.807) is 12.1 Å². The molecule has 2 unspecified atom stereocenters. The van der Waals surface area contributed by atoms with Gasteiger partial charge in [-0.15, -0.1) is 0 Å². The van der Waals surface area contributed by atoms with Crippen LogP contribution in [0.25, 0.3) is 10.8 Å². The molecular weight excluding hydrogens is 437 g/mol. The minimum absolute atomic E-state index is 0.139. The maximum atomic E-state index is 15.2. The molecule has 178 valence electrons. The molecule has 0 aromatic heterocycles. The van der Waals surface area contributed by atoms with Crippen LogP contribution in [0.4, 0.5) is 4.39 Å². The van der Waals surface area contributed by atoms with Gasteiger partial charge < -0.3 is 10.4 Å². The molecule has 0 amide bonds. The third-order valence-electron chi connectivity index (χ3n) is 7.44. The molecule has 4 heteroatoms. The molecule has 2 N–H and O–H groups in total. The smallest absolute Gasteiger partial charge is 0.338 e. The molecule has 0 spiro atoms. The number of halogens is 1. The van der Waals surface area contributed by atoms with Crippen LogP contribution in [0.5, 0.6) is 0 Å². The van der Waals surface area contributed by atoms with Gasteiger partial charge in [0.1, 0.15) is 5.82 Å². The normalized spacial score (nSPS) is 18.2. The van der Waals surface area contributed by atoms with Crippen LogP contribution in [0, 0.1) is 11.7 Å². The summed E-state index contributed by atoms with van der Waals surface area (Å²) in [6.07, 6.45) is 2.73. The Labute approximate surface area is 205 Å². The molecule has 0 heterocycles. The predicted molar refractivity (Wildman–Crippen MR) is 138 cm³/mol. The van der Waals surface area contributed by atoms with E-state index in [4.69, 9.17) is 0 Å². The van der Waals surface area contributed by atoms with Crippen LogP contribution in [0.2, 0.25) is 0 Å². The van der Waals surface area contributed by atoms with Gasteiger partial charge in [0.25, 0.3) is 0 Å². The van der Waals surface area contributed by atoms with Gasteiger partial charge in [-0.2, -0.15) is 0 Å². The molecular formula is C31H30FNO2. The Morgan fingerprint density at radius 2 is 1.69 bits per heavy atom. The van der Waals surface area contributed by atoms with Crippen LogP contribution >= 0.6 is 0 Å². The molecule has 4 aromatic carbocycles. The number of nitrogens with one attached hydrogen (secondary N) is 1. The van der Waals surface area contributed by atoms with Gasteiger partial charge in [-0.05, 0) is 77.7 Å². The molecule has 5 rings (SSSR count). The summed E-state index contributed by atoms with van der Waals surface area (Å²) in [4.78, 5) is 11.5. The van der Waals surface area contributed by atoms with E-state index in [2.05, 4.69) is 66.8 Å². The molecule has 3 atom stereocenters. The second-order valence-electron chi connectivity index (χ2n) is 9.60. The maximum absolute atomic E-state index is 15.2. The molecule has 1 aliphatic rings. The molecule has 0 bridgehead atoms. The molecule has 35 heavy (non-hydrogen) atoms. The van der Waals surface area contributed by atoms with E-state index in [1.165, 1.54) is 28.0 Å². The van der Waals surface area contributed by atoms with Crippen LogP contribution in [-0.2, 0) is 6.42 Å². The molecule has 0 aliphatic heterocycles. The van der Waals surface area contributed by atoms with Gasteiger partial charge in [0.05, 0.1) is 5.56 Å². The minimum Gasteiger partial charge on any atom is -0.478 e. The van der Waals surface area contributed by atoms with E-state index in [9.17, 15) is 9.90 Å². The first kappa shape index (κ1) is 23.3. The molecule has 4 aromatic rings. The summed E-state index contributed by atoms with van der Waals surface area (Å²) in [5.41, 5.74) is 3.87. The summed E-state index contributed by atoms with van der Waals surface area (Å²) in [5, 5.41) is 15.6. The Hall–Kier alpha value is -3.50. The van der Waals surface area contributed by atoms with Crippen molar-refractivity contribution in [2.75, 3.05) is 6.54 Å². The highest BCUT2D eigenvalue weighted by Gasteiger charge is 2.30. The minimum atomic E-state index is -1.23. The summed E-state index contributed by atoms with van der Waals surface area (Å²) < 4.78 is 15.2. The van der Waals surface area contributed by atoms with Gasteiger partial charge >= 0.3 is 5.97 Å². The summed E-state index contributed by atoms with van der Waals surface area (Å²) >= 11 is 0. The number of carboxylic acids is 1. The van der Waals surface area contributed by atoms with Gasteiger partial charge in [-0.3, -0.25) is 0 Å². The Bertz CT molecular complexity index is 1360. The van der Waals surface area contributed by atoms with Crippen LogP contribution in [-0.4, -0.2) is 17.6 Å². The molecule has 0 radical (unpaired) electrons. The van der Waals surface area contributed by atoms with E-state index in [0.29, 0.717) is 11.5 Å². The number of benzene rings is 4.